The Bertz CT molecular complexity index is 696. The maximum Gasteiger partial charge on any atom is 0.354 e. The van der Waals surface area contributed by atoms with Crippen LogP contribution in [0.15, 0.2) is 40.9 Å². The molecule has 8 nitrogen and oxygen atoms in total. The van der Waals surface area contributed by atoms with Crippen molar-refractivity contribution in [1.82, 2.24) is 4.72 Å². The molecule has 2 N–H and O–H groups in total. The van der Waals surface area contributed by atoms with Crippen LogP contribution >= 0.6 is 0 Å². The Morgan fingerprint density at radius 3 is 2.32 bits per heavy atom. The van der Waals surface area contributed by atoms with Crippen molar-refractivity contribution in [2.24, 2.45) is 0 Å². The molecule has 1 aromatic rings. The van der Waals surface area contributed by atoms with Crippen LogP contribution in [0.25, 0.3) is 0 Å². The minimum atomic E-state index is -3.75. The lowest BCUT2D eigenvalue weighted by atomic mass is 10.3. The lowest BCUT2D eigenvalue weighted by Crippen LogP contribution is -2.21. The highest BCUT2D eigenvalue weighted by molar-refractivity contribution is 7.89. The van der Waals surface area contributed by atoms with E-state index in [4.69, 9.17) is 0 Å². The van der Waals surface area contributed by atoms with Crippen molar-refractivity contribution in [3.63, 3.8) is 0 Å². The van der Waals surface area contributed by atoms with Crippen LogP contribution in [0.3, 0.4) is 0 Å². The molecule has 0 aliphatic carbocycles. The van der Waals surface area contributed by atoms with E-state index in [1.807, 2.05) is 0 Å². The first kappa shape index (κ1) is 17.7. The lowest BCUT2D eigenvalue weighted by molar-refractivity contribution is -0.138. The van der Waals surface area contributed by atoms with Crippen molar-refractivity contribution >= 4 is 27.6 Å². The average molecular weight is 328 g/mol. The number of anilines is 1. The number of esters is 2. The number of methoxy groups -OCH3 is 2. The number of benzene rings is 1. The minimum Gasteiger partial charge on any atom is -0.466 e. The quantitative estimate of drug-likeness (QED) is 0.568. The van der Waals surface area contributed by atoms with Crippen molar-refractivity contribution < 1.29 is 27.5 Å². The molecule has 1 rings (SSSR count). The van der Waals surface area contributed by atoms with Crippen molar-refractivity contribution in [2.75, 3.05) is 26.6 Å². The molecule has 1 aromatic carbocycles. The summed E-state index contributed by atoms with van der Waals surface area (Å²) in [5.41, 5.74) is -0.148. The molecule has 0 aromatic heterocycles. The van der Waals surface area contributed by atoms with E-state index in [2.05, 4.69) is 19.5 Å². The number of para-hydroxylation sites is 1. The van der Waals surface area contributed by atoms with E-state index >= 15 is 0 Å². The summed E-state index contributed by atoms with van der Waals surface area (Å²) in [4.78, 5) is 22.9. The van der Waals surface area contributed by atoms with E-state index in [0.717, 1.165) is 20.3 Å². The van der Waals surface area contributed by atoms with Gasteiger partial charge in [-0.05, 0) is 19.2 Å². The van der Waals surface area contributed by atoms with Gasteiger partial charge in [0.25, 0.3) is 0 Å². The normalized spacial score (nSPS) is 11.7. The van der Waals surface area contributed by atoms with Gasteiger partial charge in [-0.25, -0.2) is 22.7 Å². The van der Waals surface area contributed by atoms with Crippen LogP contribution in [-0.2, 0) is 29.1 Å². The summed E-state index contributed by atoms with van der Waals surface area (Å²) in [6.45, 7) is 0. The molecule has 0 spiro atoms. The zero-order valence-electron chi connectivity index (χ0n) is 12.2. The second kappa shape index (κ2) is 7.57. The molecule has 0 atom stereocenters. The molecule has 0 bridgehead atoms. The summed E-state index contributed by atoms with van der Waals surface area (Å²) >= 11 is 0. The van der Waals surface area contributed by atoms with E-state index in [9.17, 15) is 18.0 Å². The van der Waals surface area contributed by atoms with E-state index in [1.165, 1.54) is 25.2 Å². The van der Waals surface area contributed by atoms with Gasteiger partial charge >= 0.3 is 11.9 Å². The van der Waals surface area contributed by atoms with E-state index in [0.29, 0.717) is 0 Å². The lowest BCUT2D eigenvalue weighted by Gasteiger charge is -2.13. The second-order valence-electron chi connectivity index (χ2n) is 3.90. The molecular formula is C13H16N2O6S. The third-order valence-electron chi connectivity index (χ3n) is 2.58. The van der Waals surface area contributed by atoms with Crippen LogP contribution in [-0.4, -0.2) is 41.6 Å². The number of sulfonamides is 1. The molecule has 0 saturated heterocycles. The standard InChI is InChI=1S/C13H16N2O6S/c1-14-22(18,19)11-7-5-4-6-9(11)15-10(13(17)21-3)8-12(16)20-2/h4-8,14-15H,1-3H3/b10-8+. The van der Waals surface area contributed by atoms with Crippen LogP contribution < -0.4 is 10.0 Å². The summed E-state index contributed by atoms with van der Waals surface area (Å²) < 4.78 is 35.0. The largest absolute Gasteiger partial charge is 0.466 e. The Hall–Kier alpha value is -2.39. The zero-order chi connectivity index (χ0) is 16.8. The highest BCUT2D eigenvalue weighted by Crippen LogP contribution is 2.22. The summed E-state index contributed by atoms with van der Waals surface area (Å²) in [5, 5.41) is 2.57. The molecule has 0 unspecified atom stereocenters. The fourth-order valence-electron chi connectivity index (χ4n) is 1.49. The van der Waals surface area contributed by atoms with Crippen molar-refractivity contribution in [3.8, 4) is 0 Å². The monoisotopic (exact) mass is 328 g/mol. The first-order valence-electron chi connectivity index (χ1n) is 6.03. The minimum absolute atomic E-state index is 0.0860. The van der Waals surface area contributed by atoms with Crippen molar-refractivity contribution in [2.45, 2.75) is 4.90 Å². The molecule has 22 heavy (non-hydrogen) atoms. The number of hydrogen-bond acceptors (Lipinski definition) is 7. The molecule has 0 fully saturated rings. The Balaban J connectivity index is 3.29. The maximum atomic E-state index is 11.9. The topological polar surface area (TPSA) is 111 Å². The number of ether oxygens (including phenoxy) is 2. The molecular weight excluding hydrogens is 312 g/mol. The molecule has 0 aliphatic heterocycles. The van der Waals surface area contributed by atoms with Crippen LogP contribution in [0, 0.1) is 0 Å². The van der Waals surface area contributed by atoms with Gasteiger partial charge in [-0.3, -0.25) is 0 Å². The Morgan fingerprint density at radius 1 is 1.14 bits per heavy atom. The predicted molar refractivity (Wildman–Crippen MR) is 78.4 cm³/mol. The summed E-state index contributed by atoms with van der Waals surface area (Å²) in [6.07, 6.45) is 0.870. The number of hydrogen-bond donors (Lipinski definition) is 2. The first-order chi connectivity index (χ1) is 10.4. The maximum absolute atomic E-state index is 11.9. The molecule has 120 valence electrons. The number of carbonyl (C=O) groups is 2. The first-order valence-corrected chi connectivity index (χ1v) is 7.51. The molecule has 0 amide bonds. The molecule has 0 saturated carbocycles. The van der Waals surface area contributed by atoms with E-state index in [-0.39, 0.29) is 16.3 Å². The van der Waals surface area contributed by atoms with Crippen LogP contribution in [0.1, 0.15) is 0 Å². The van der Waals surface area contributed by atoms with Gasteiger partial charge in [-0.15, -0.1) is 0 Å². The van der Waals surface area contributed by atoms with Gasteiger partial charge in [0.2, 0.25) is 10.0 Å². The third-order valence-corrected chi connectivity index (χ3v) is 4.06. The van der Waals surface area contributed by atoms with Gasteiger partial charge < -0.3 is 14.8 Å². The van der Waals surface area contributed by atoms with Crippen molar-refractivity contribution in [3.05, 3.63) is 36.0 Å². The van der Waals surface area contributed by atoms with Gasteiger partial charge in [0.15, 0.2) is 0 Å². The second-order valence-corrected chi connectivity index (χ2v) is 5.76. The number of nitrogens with one attached hydrogen (secondary N) is 2. The van der Waals surface area contributed by atoms with Gasteiger partial charge in [-0.1, -0.05) is 12.1 Å². The number of carbonyl (C=O) groups excluding carboxylic acids is 2. The third kappa shape index (κ3) is 4.30. The van der Waals surface area contributed by atoms with Crippen LogP contribution in [0.5, 0.6) is 0 Å². The van der Waals surface area contributed by atoms with Gasteiger partial charge in [0.1, 0.15) is 10.6 Å². The molecule has 0 heterocycles. The molecule has 9 heteroatoms. The van der Waals surface area contributed by atoms with Crippen molar-refractivity contribution in [1.29, 1.82) is 0 Å². The highest BCUT2D eigenvalue weighted by Gasteiger charge is 2.19. The fourth-order valence-corrected chi connectivity index (χ4v) is 2.38. The number of rotatable bonds is 6. The van der Waals surface area contributed by atoms with Gasteiger partial charge in [0.05, 0.1) is 26.0 Å². The summed E-state index contributed by atoms with van der Waals surface area (Å²) in [7, 11) is -0.211. The Kier molecular flexibility index (Phi) is 6.08. The van der Waals surface area contributed by atoms with Crippen LogP contribution in [0.2, 0.25) is 0 Å². The zero-order valence-corrected chi connectivity index (χ0v) is 13.1. The summed E-state index contributed by atoms with van der Waals surface area (Å²) in [6, 6.07) is 5.89. The van der Waals surface area contributed by atoms with E-state index in [1.54, 1.807) is 6.07 Å². The predicted octanol–water partition coefficient (Wildman–Crippen LogP) is 0.236. The molecule has 0 aliphatic rings. The highest BCUT2D eigenvalue weighted by atomic mass is 32.2. The van der Waals surface area contributed by atoms with Gasteiger partial charge in [-0.2, -0.15) is 0 Å². The SMILES string of the molecule is CNS(=O)(=O)c1ccccc1N/C(=C/C(=O)OC)C(=O)OC. The summed E-state index contributed by atoms with van der Waals surface area (Å²) in [5.74, 6) is -1.64. The fraction of sp³-hybridized carbons (Fsp3) is 0.231. The molecule has 0 radical (unpaired) electrons. The van der Waals surface area contributed by atoms with E-state index < -0.39 is 22.0 Å². The Morgan fingerprint density at radius 2 is 1.77 bits per heavy atom. The average Bonchev–Trinajstić information content (AvgIpc) is 2.53. The smallest absolute Gasteiger partial charge is 0.354 e. The Labute approximate surface area is 128 Å². The van der Waals surface area contributed by atoms with Crippen LogP contribution in [0.4, 0.5) is 5.69 Å². The van der Waals surface area contributed by atoms with Gasteiger partial charge in [0, 0.05) is 0 Å².